The Balaban J connectivity index is 2.16. The summed E-state index contributed by atoms with van der Waals surface area (Å²) in [7, 11) is 0. The van der Waals surface area contributed by atoms with E-state index in [1.165, 1.54) is 6.07 Å². The second-order valence-electron chi connectivity index (χ2n) is 7.26. The lowest BCUT2D eigenvalue weighted by atomic mass is 9.80. The normalized spacial score (nSPS) is 15.5. The summed E-state index contributed by atoms with van der Waals surface area (Å²) in [6, 6.07) is 3.05. The summed E-state index contributed by atoms with van der Waals surface area (Å²) in [5.74, 6) is -0.974. The number of hydrogen-bond donors (Lipinski definition) is 2. The van der Waals surface area contributed by atoms with Gasteiger partial charge in [0, 0.05) is 6.54 Å². The number of esters is 1. The molecule has 7 heteroatoms. The predicted octanol–water partition coefficient (Wildman–Crippen LogP) is 2.92. The molecule has 0 saturated heterocycles. The molecule has 0 atom stereocenters. The number of carbonyl (C=O) groups excluding carboxylic acids is 3. The maximum absolute atomic E-state index is 12.8. The molecule has 0 unspecified atom stereocenters. The number of pyridine rings is 1. The van der Waals surface area contributed by atoms with Gasteiger partial charge in [-0.15, -0.1) is 0 Å². The van der Waals surface area contributed by atoms with Crippen LogP contribution in [0.1, 0.15) is 85.3 Å². The molecule has 0 bridgehead atoms. The van der Waals surface area contributed by atoms with Crippen LogP contribution in [-0.2, 0) is 9.53 Å². The minimum absolute atomic E-state index is 0.117. The van der Waals surface area contributed by atoms with Crippen LogP contribution in [0.25, 0.3) is 0 Å². The van der Waals surface area contributed by atoms with E-state index in [-0.39, 0.29) is 18.2 Å². The number of aryl methyl sites for hydroxylation is 1. The summed E-state index contributed by atoms with van der Waals surface area (Å²) in [5, 5.41) is 5.91. The fourth-order valence-corrected chi connectivity index (χ4v) is 3.51. The third-order valence-electron chi connectivity index (χ3n) is 5.12. The van der Waals surface area contributed by atoms with Gasteiger partial charge in [0.15, 0.2) is 0 Å². The summed E-state index contributed by atoms with van der Waals surface area (Å²) in [4.78, 5) is 41.9. The number of ether oxygens (including phenoxy) is 1. The maximum atomic E-state index is 12.8. The van der Waals surface area contributed by atoms with Crippen molar-refractivity contribution in [1.82, 2.24) is 15.6 Å². The highest BCUT2D eigenvalue weighted by molar-refractivity contribution is 5.99. The van der Waals surface area contributed by atoms with Crippen molar-refractivity contribution in [2.75, 3.05) is 13.2 Å². The number of amides is 2. The molecule has 1 aromatic heterocycles. The van der Waals surface area contributed by atoms with Gasteiger partial charge in [0.1, 0.15) is 11.2 Å². The molecule has 154 valence electrons. The highest BCUT2D eigenvalue weighted by Crippen LogP contribution is 2.29. The third-order valence-corrected chi connectivity index (χ3v) is 5.12. The molecule has 1 aliphatic rings. The lowest BCUT2D eigenvalue weighted by Crippen LogP contribution is -2.59. The molecule has 0 spiro atoms. The smallest absolute Gasteiger partial charge is 0.339 e. The zero-order valence-electron chi connectivity index (χ0n) is 17.1. The Labute approximate surface area is 166 Å². The molecule has 1 fully saturated rings. The minimum Gasteiger partial charge on any atom is -0.462 e. The molecule has 7 nitrogen and oxygen atoms in total. The van der Waals surface area contributed by atoms with E-state index in [2.05, 4.69) is 22.5 Å². The van der Waals surface area contributed by atoms with E-state index in [0.29, 0.717) is 30.6 Å². The first-order chi connectivity index (χ1) is 13.4. The lowest BCUT2D eigenvalue weighted by Gasteiger charge is -2.36. The van der Waals surface area contributed by atoms with Crippen molar-refractivity contribution in [3.8, 4) is 0 Å². The Bertz CT molecular complexity index is 712. The van der Waals surface area contributed by atoms with Crippen molar-refractivity contribution in [2.45, 2.75) is 71.3 Å². The van der Waals surface area contributed by atoms with Crippen LogP contribution >= 0.6 is 0 Å². The number of carbonyl (C=O) groups is 3. The van der Waals surface area contributed by atoms with Crippen LogP contribution in [0.2, 0.25) is 0 Å². The molecule has 0 aliphatic heterocycles. The molecular formula is C21H31N3O4. The van der Waals surface area contributed by atoms with Gasteiger partial charge in [0.05, 0.1) is 17.9 Å². The molecule has 1 heterocycles. The first kappa shape index (κ1) is 21.9. The molecule has 2 rings (SSSR count). The van der Waals surface area contributed by atoms with E-state index in [0.717, 1.165) is 32.1 Å². The van der Waals surface area contributed by atoms with Crippen LogP contribution in [0.5, 0.6) is 0 Å². The summed E-state index contributed by atoms with van der Waals surface area (Å²) in [6.07, 6.45) is 6.01. The van der Waals surface area contributed by atoms with Crippen LogP contribution in [0.15, 0.2) is 12.1 Å². The van der Waals surface area contributed by atoms with Crippen LogP contribution in [0.4, 0.5) is 0 Å². The first-order valence-electron chi connectivity index (χ1n) is 10.2. The molecular weight excluding hydrogens is 358 g/mol. The number of nitrogens with zero attached hydrogens (tertiary/aromatic N) is 1. The molecule has 28 heavy (non-hydrogen) atoms. The van der Waals surface area contributed by atoms with Crippen molar-refractivity contribution in [1.29, 1.82) is 0 Å². The van der Waals surface area contributed by atoms with E-state index < -0.39 is 17.4 Å². The molecule has 1 saturated carbocycles. The van der Waals surface area contributed by atoms with Gasteiger partial charge in [-0.2, -0.15) is 0 Å². The fourth-order valence-electron chi connectivity index (χ4n) is 3.51. The highest BCUT2D eigenvalue weighted by atomic mass is 16.5. The number of unbranched alkanes of at least 4 members (excludes halogenated alkanes) is 1. The van der Waals surface area contributed by atoms with E-state index in [9.17, 15) is 14.4 Å². The Morgan fingerprint density at radius 1 is 1.14 bits per heavy atom. The van der Waals surface area contributed by atoms with Crippen LogP contribution < -0.4 is 10.6 Å². The van der Waals surface area contributed by atoms with Gasteiger partial charge < -0.3 is 15.4 Å². The Kier molecular flexibility index (Phi) is 7.96. The number of nitrogens with one attached hydrogen (secondary N) is 2. The van der Waals surface area contributed by atoms with E-state index >= 15 is 0 Å². The second kappa shape index (κ2) is 10.2. The summed E-state index contributed by atoms with van der Waals surface area (Å²) < 4.78 is 4.99. The van der Waals surface area contributed by atoms with Gasteiger partial charge in [-0.25, -0.2) is 9.78 Å². The van der Waals surface area contributed by atoms with Crippen molar-refractivity contribution < 1.29 is 19.1 Å². The SMILES string of the molecule is CCCCNC(=O)C1(NC(=O)c2ccc(C(=O)OCC)c(C)n2)CCCCC1. The molecule has 0 radical (unpaired) electrons. The van der Waals surface area contributed by atoms with Crippen molar-refractivity contribution in [3.63, 3.8) is 0 Å². The van der Waals surface area contributed by atoms with Gasteiger partial charge in [-0.05, 0) is 45.2 Å². The third kappa shape index (κ3) is 5.30. The minimum atomic E-state index is -0.890. The average Bonchev–Trinajstić information content (AvgIpc) is 2.68. The second-order valence-corrected chi connectivity index (χ2v) is 7.26. The van der Waals surface area contributed by atoms with Crippen molar-refractivity contribution >= 4 is 17.8 Å². The fraction of sp³-hybridized carbons (Fsp3) is 0.619. The zero-order chi connectivity index (χ0) is 20.6. The van der Waals surface area contributed by atoms with Gasteiger partial charge in [-0.3, -0.25) is 9.59 Å². The quantitative estimate of drug-likeness (QED) is 0.526. The maximum Gasteiger partial charge on any atom is 0.339 e. The molecule has 1 aromatic rings. The molecule has 2 amide bonds. The first-order valence-corrected chi connectivity index (χ1v) is 10.2. The Morgan fingerprint density at radius 3 is 2.46 bits per heavy atom. The topological polar surface area (TPSA) is 97.4 Å². The Morgan fingerprint density at radius 2 is 1.86 bits per heavy atom. The van der Waals surface area contributed by atoms with E-state index in [1.807, 2.05) is 0 Å². The van der Waals surface area contributed by atoms with Crippen molar-refractivity contribution in [2.24, 2.45) is 0 Å². The van der Waals surface area contributed by atoms with Crippen LogP contribution in [0.3, 0.4) is 0 Å². The lowest BCUT2D eigenvalue weighted by molar-refractivity contribution is -0.128. The van der Waals surface area contributed by atoms with Gasteiger partial charge in [0.2, 0.25) is 5.91 Å². The van der Waals surface area contributed by atoms with Gasteiger partial charge in [-0.1, -0.05) is 32.6 Å². The zero-order valence-corrected chi connectivity index (χ0v) is 17.1. The van der Waals surface area contributed by atoms with Crippen molar-refractivity contribution in [3.05, 3.63) is 29.1 Å². The largest absolute Gasteiger partial charge is 0.462 e. The average molecular weight is 389 g/mol. The van der Waals surface area contributed by atoms with Gasteiger partial charge >= 0.3 is 5.97 Å². The number of rotatable bonds is 8. The Hall–Kier alpha value is -2.44. The number of aromatic nitrogens is 1. The van der Waals surface area contributed by atoms with Crippen LogP contribution in [0, 0.1) is 6.92 Å². The standard InChI is InChI=1S/C21H31N3O4/c1-4-6-14-22-20(27)21(12-8-7-9-13-21)24-18(25)17-11-10-16(15(3)23-17)19(26)28-5-2/h10-11H,4-9,12-14H2,1-3H3,(H,22,27)(H,24,25). The van der Waals surface area contributed by atoms with Gasteiger partial charge in [0.25, 0.3) is 5.91 Å². The predicted molar refractivity (Wildman–Crippen MR) is 106 cm³/mol. The molecule has 2 N–H and O–H groups in total. The molecule has 0 aromatic carbocycles. The molecule has 1 aliphatic carbocycles. The highest BCUT2D eigenvalue weighted by Gasteiger charge is 2.41. The van der Waals surface area contributed by atoms with Crippen LogP contribution in [-0.4, -0.2) is 41.5 Å². The number of hydrogen-bond acceptors (Lipinski definition) is 5. The summed E-state index contributed by atoms with van der Waals surface area (Å²) in [5.41, 5.74) is 0.0643. The van der Waals surface area contributed by atoms with E-state index in [1.54, 1.807) is 19.9 Å². The summed E-state index contributed by atoms with van der Waals surface area (Å²) in [6.45, 7) is 6.35. The monoisotopic (exact) mass is 389 g/mol. The van der Waals surface area contributed by atoms with E-state index in [4.69, 9.17) is 4.74 Å². The summed E-state index contributed by atoms with van der Waals surface area (Å²) >= 11 is 0.